The van der Waals surface area contributed by atoms with Gasteiger partial charge in [0.1, 0.15) is 17.9 Å². The molecule has 0 saturated heterocycles. The lowest BCUT2D eigenvalue weighted by Crippen LogP contribution is -2.52. The van der Waals surface area contributed by atoms with E-state index in [2.05, 4.69) is 24.0 Å². The highest BCUT2D eigenvalue weighted by atomic mass is 16.5. The van der Waals surface area contributed by atoms with Gasteiger partial charge < -0.3 is 9.64 Å². The van der Waals surface area contributed by atoms with Crippen LogP contribution in [0.25, 0.3) is 0 Å². The summed E-state index contributed by atoms with van der Waals surface area (Å²) >= 11 is 0. The van der Waals surface area contributed by atoms with Crippen molar-refractivity contribution in [3.8, 4) is 0 Å². The molecule has 0 N–H and O–H groups in total. The SMILES string of the molecule is CCCCN1CC(C(=O)OCC)C(N(C)C)N=C1c1ccccc1. The molecule has 2 atom stereocenters. The van der Waals surface area contributed by atoms with Crippen LogP contribution in [0, 0.1) is 5.92 Å². The van der Waals surface area contributed by atoms with Crippen LogP contribution < -0.4 is 0 Å². The number of carbonyl (C=O) groups is 1. The minimum absolute atomic E-state index is 0.159. The molecule has 2 rings (SSSR count). The molecule has 132 valence electrons. The third-order valence-electron chi connectivity index (χ3n) is 4.26. The number of amidine groups is 1. The van der Waals surface area contributed by atoms with Crippen molar-refractivity contribution in [3.05, 3.63) is 35.9 Å². The van der Waals surface area contributed by atoms with Gasteiger partial charge in [-0.15, -0.1) is 0 Å². The number of rotatable bonds is 7. The normalized spacial score (nSPS) is 20.9. The van der Waals surface area contributed by atoms with Crippen molar-refractivity contribution in [2.45, 2.75) is 32.9 Å². The van der Waals surface area contributed by atoms with E-state index in [4.69, 9.17) is 9.73 Å². The summed E-state index contributed by atoms with van der Waals surface area (Å²) in [5.74, 6) is 0.557. The number of unbranched alkanes of at least 4 members (excludes halogenated alkanes) is 1. The fraction of sp³-hybridized carbons (Fsp3) is 0.579. The van der Waals surface area contributed by atoms with E-state index in [0.29, 0.717) is 13.2 Å². The Labute approximate surface area is 145 Å². The fourth-order valence-corrected chi connectivity index (χ4v) is 3.03. The van der Waals surface area contributed by atoms with Gasteiger partial charge >= 0.3 is 5.97 Å². The van der Waals surface area contributed by atoms with Crippen molar-refractivity contribution in [2.75, 3.05) is 33.8 Å². The highest BCUT2D eigenvalue weighted by Crippen LogP contribution is 2.23. The van der Waals surface area contributed by atoms with Gasteiger partial charge in [-0.2, -0.15) is 0 Å². The molecular weight excluding hydrogens is 302 g/mol. The average Bonchev–Trinajstić information content (AvgIpc) is 2.60. The van der Waals surface area contributed by atoms with E-state index < -0.39 is 0 Å². The third-order valence-corrected chi connectivity index (χ3v) is 4.26. The molecule has 0 saturated carbocycles. The zero-order valence-corrected chi connectivity index (χ0v) is 15.2. The van der Waals surface area contributed by atoms with E-state index in [1.165, 1.54) is 0 Å². The standard InChI is InChI=1S/C19H29N3O2/c1-5-7-13-22-14-16(19(23)24-6-2)18(21(3)4)20-17(22)15-11-9-8-10-12-15/h8-12,16,18H,5-7,13-14H2,1-4H3. The average molecular weight is 331 g/mol. The Balaban J connectivity index is 2.37. The maximum atomic E-state index is 12.4. The molecule has 2 unspecified atom stereocenters. The first-order chi connectivity index (χ1) is 11.6. The van der Waals surface area contributed by atoms with Crippen LogP contribution >= 0.6 is 0 Å². The van der Waals surface area contributed by atoms with Crippen LogP contribution in [-0.4, -0.2) is 61.6 Å². The Morgan fingerprint density at radius 3 is 2.58 bits per heavy atom. The fourth-order valence-electron chi connectivity index (χ4n) is 3.03. The van der Waals surface area contributed by atoms with Crippen molar-refractivity contribution in [3.63, 3.8) is 0 Å². The van der Waals surface area contributed by atoms with E-state index in [1.54, 1.807) is 0 Å². The molecule has 0 fully saturated rings. The maximum absolute atomic E-state index is 12.4. The van der Waals surface area contributed by atoms with Crippen LogP contribution in [0.5, 0.6) is 0 Å². The lowest BCUT2D eigenvalue weighted by atomic mass is 10.0. The zero-order chi connectivity index (χ0) is 17.5. The maximum Gasteiger partial charge on any atom is 0.314 e. The number of hydrogen-bond acceptors (Lipinski definition) is 5. The number of carbonyl (C=O) groups excluding carboxylic acids is 1. The molecule has 1 aliphatic heterocycles. The molecule has 1 aliphatic rings. The first-order valence-corrected chi connectivity index (χ1v) is 8.79. The predicted octanol–water partition coefficient (Wildman–Crippen LogP) is 2.62. The number of nitrogens with zero attached hydrogens (tertiary/aromatic N) is 3. The van der Waals surface area contributed by atoms with Gasteiger partial charge in [0.2, 0.25) is 0 Å². The van der Waals surface area contributed by atoms with E-state index in [9.17, 15) is 4.79 Å². The molecule has 5 heteroatoms. The first kappa shape index (κ1) is 18.5. The first-order valence-electron chi connectivity index (χ1n) is 8.79. The number of hydrogen-bond donors (Lipinski definition) is 0. The summed E-state index contributed by atoms with van der Waals surface area (Å²) in [5.41, 5.74) is 1.10. The lowest BCUT2D eigenvalue weighted by Gasteiger charge is -2.39. The van der Waals surface area contributed by atoms with Crippen LogP contribution in [0.1, 0.15) is 32.3 Å². The Kier molecular flexibility index (Phi) is 6.79. The smallest absolute Gasteiger partial charge is 0.314 e. The van der Waals surface area contributed by atoms with Crippen LogP contribution in [0.3, 0.4) is 0 Å². The lowest BCUT2D eigenvalue weighted by molar-refractivity contribution is -0.151. The van der Waals surface area contributed by atoms with Gasteiger partial charge in [0.15, 0.2) is 0 Å². The largest absolute Gasteiger partial charge is 0.466 e. The molecule has 0 bridgehead atoms. The minimum atomic E-state index is -0.260. The van der Waals surface area contributed by atoms with E-state index >= 15 is 0 Å². The summed E-state index contributed by atoms with van der Waals surface area (Å²) in [5, 5.41) is 0. The highest BCUT2D eigenvalue weighted by Gasteiger charge is 2.37. The molecular formula is C19H29N3O2. The molecule has 5 nitrogen and oxygen atoms in total. The summed E-state index contributed by atoms with van der Waals surface area (Å²) in [6, 6.07) is 10.2. The molecule has 0 aromatic heterocycles. The van der Waals surface area contributed by atoms with E-state index in [-0.39, 0.29) is 18.1 Å². The molecule has 0 aliphatic carbocycles. The van der Waals surface area contributed by atoms with Gasteiger partial charge in [-0.3, -0.25) is 9.69 Å². The number of benzene rings is 1. The topological polar surface area (TPSA) is 45.1 Å². The number of aliphatic imine (C=N–C) groups is 1. The summed E-state index contributed by atoms with van der Waals surface area (Å²) in [6.45, 7) is 5.98. The highest BCUT2D eigenvalue weighted by molar-refractivity contribution is 6.00. The van der Waals surface area contributed by atoms with Crippen molar-refractivity contribution in [1.82, 2.24) is 9.80 Å². The number of esters is 1. The second-order valence-corrected chi connectivity index (χ2v) is 6.35. The van der Waals surface area contributed by atoms with Gasteiger partial charge in [-0.05, 0) is 27.4 Å². The molecule has 1 aromatic carbocycles. The molecule has 1 aromatic rings. The third kappa shape index (κ3) is 4.35. The molecule has 1 heterocycles. The van der Waals surface area contributed by atoms with Crippen LogP contribution in [-0.2, 0) is 9.53 Å². The monoisotopic (exact) mass is 331 g/mol. The van der Waals surface area contributed by atoms with Crippen molar-refractivity contribution in [2.24, 2.45) is 10.9 Å². The quantitative estimate of drug-likeness (QED) is 0.721. The minimum Gasteiger partial charge on any atom is -0.466 e. The summed E-state index contributed by atoms with van der Waals surface area (Å²) in [7, 11) is 3.93. The van der Waals surface area contributed by atoms with Gasteiger partial charge in [0.25, 0.3) is 0 Å². The Morgan fingerprint density at radius 2 is 2.00 bits per heavy atom. The zero-order valence-electron chi connectivity index (χ0n) is 15.2. The molecule has 24 heavy (non-hydrogen) atoms. The van der Waals surface area contributed by atoms with Crippen molar-refractivity contribution in [1.29, 1.82) is 0 Å². The molecule has 0 amide bonds. The Morgan fingerprint density at radius 1 is 1.29 bits per heavy atom. The summed E-state index contributed by atoms with van der Waals surface area (Å²) in [4.78, 5) is 21.6. The summed E-state index contributed by atoms with van der Waals surface area (Å²) < 4.78 is 5.29. The molecule has 0 spiro atoms. The molecule has 0 radical (unpaired) electrons. The van der Waals surface area contributed by atoms with Gasteiger partial charge in [0, 0.05) is 18.7 Å². The van der Waals surface area contributed by atoms with E-state index in [1.807, 2.05) is 44.1 Å². The van der Waals surface area contributed by atoms with Crippen molar-refractivity contribution < 1.29 is 9.53 Å². The van der Waals surface area contributed by atoms with Crippen molar-refractivity contribution >= 4 is 11.8 Å². The van der Waals surface area contributed by atoms with Gasteiger partial charge in [0.05, 0.1) is 6.61 Å². The number of ether oxygens (including phenoxy) is 1. The Hall–Kier alpha value is -1.88. The predicted molar refractivity (Wildman–Crippen MR) is 97.1 cm³/mol. The summed E-state index contributed by atoms with van der Waals surface area (Å²) in [6.07, 6.45) is 1.99. The van der Waals surface area contributed by atoms with Gasteiger partial charge in [-0.25, -0.2) is 4.99 Å². The van der Waals surface area contributed by atoms with E-state index in [0.717, 1.165) is 30.8 Å². The van der Waals surface area contributed by atoms with Crippen LogP contribution in [0.2, 0.25) is 0 Å². The Bertz CT molecular complexity index is 557. The van der Waals surface area contributed by atoms with Crippen LogP contribution in [0.15, 0.2) is 35.3 Å². The second kappa shape index (κ2) is 8.83. The second-order valence-electron chi connectivity index (χ2n) is 6.35. The van der Waals surface area contributed by atoms with Gasteiger partial charge in [-0.1, -0.05) is 43.7 Å². The van der Waals surface area contributed by atoms with Crippen LogP contribution in [0.4, 0.5) is 0 Å².